The minimum Gasteiger partial charge on any atom is -0.370 e. The smallest absolute Gasteiger partial charge is 0.370 e. The van der Waals surface area contributed by atoms with Gasteiger partial charge in [-0.15, -0.1) is 0 Å². The number of imide groups is 1. The summed E-state index contributed by atoms with van der Waals surface area (Å²) in [5, 5.41) is 10.8. The maximum atomic E-state index is 15.0. The van der Waals surface area contributed by atoms with Crippen LogP contribution in [0.2, 0.25) is 0 Å². The van der Waals surface area contributed by atoms with E-state index in [1.807, 2.05) is 18.2 Å². The average Bonchev–Trinajstić information content (AvgIpc) is 3.02. The highest BCUT2D eigenvalue weighted by atomic mass is 32.2. The third-order valence-electron chi connectivity index (χ3n) is 16.6. The second-order valence-corrected chi connectivity index (χ2v) is 25.9. The molecule has 1 saturated carbocycles. The number of H-pyrrole nitrogens is 1. The zero-order valence-corrected chi connectivity index (χ0v) is 47.5. The number of nitrogens with two attached hydrogens (primary N) is 1. The molecule has 1 unspecified atom stereocenters. The number of benzene rings is 3. The number of primary amides is 1. The van der Waals surface area contributed by atoms with Gasteiger partial charge >= 0.3 is 13.3 Å². The van der Waals surface area contributed by atoms with Crippen molar-refractivity contribution in [3.05, 3.63) is 99.6 Å². The van der Waals surface area contributed by atoms with Crippen LogP contribution in [0.15, 0.2) is 76.4 Å². The topological polar surface area (TPSA) is 369 Å². The Labute approximate surface area is 476 Å². The summed E-state index contributed by atoms with van der Waals surface area (Å²) in [6, 6.07) is 11.5. The van der Waals surface area contributed by atoms with Gasteiger partial charge in [0.1, 0.15) is 29.9 Å². The third-order valence-corrected chi connectivity index (χ3v) is 19.1. The Morgan fingerprint density at radius 2 is 1.55 bits per heavy atom. The number of sulfone groups is 1. The molecule has 5 heterocycles. The molecule has 8 amide bonds. The molecule has 0 bridgehead atoms. The summed E-state index contributed by atoms with van der Waals surface area (Å²) in [5.74, 6) is -4.52. The first kappa shape index (κ1) is 59.8. The number of hydrogen-bond acceptors (Lipinski definition) is 13. The number of rotatable bonds is 19. The summed E-state index contributed by atoms with van der Waals surface area (Å²) in [4.78, 5) is 159. The van der Waals surface area contributed by atoms with Gasteiger partial charge in [0, 0.05) is 68.5 Å². The normalized spacial score (nSPS) is 21.9. The van der Waals surface area contributed by atoms with Gasteiger partial charge in [-0.05, 0) is 136 Å². The molecule has 4 fully saturated rings. The fourth-order valence-electron chi connectivity index (χ4n) is 12.0. The van der Waals surface area contributed by atoms with E-state index in [-0.39, 0.29) is 121 Å². The molecular formula is C56H67N10O15PS. The van der Waals surface area contributed by atoms with Gasteiger partial charge in [-0.3, -0.25) is 62.2 Å². The van der Waals surface area contributed by atoms with Crippen molar-refractivity contribution in [3.63, 3.8) is 0 Å². The molecule has 0 spiro atoms. The number of nitrogens with one attached hydrogen (secondary N) is 5. The van der Waals surface area contributed by atoms with Gasteiger partial charge in [0.25, 0.3) is 11.4 Å². The number of aromatic amines is 1. The number of hydrogen-bond donors (Lipinski definition) is 8. The lowest BCUT2D eigenvalue weighted by atomic mass is 9.78. The first-order valence-electron chi connectivity index (χ1n) is 27.7. The van der Waals surface area contributed by atoms with Crippen molar-refractivity contribution in [2.75, 3.05) is 18.8 Å². The van der Waals surface area contributed by atoms with Crippen molar-refractivity contribution >= 4 is 92.2 Å². The van der Waals surface area contributed by atoms with E-state index in [1.165, 1.54) is 57.4 Å². The Morgan fingerprint density at radius 3 is 2.24 bits per heavy atom. The molecule has 3 aromatic carbocycles. The second-order valence-electron chi connectivity index (χ2n) is 22.1. The van der Waals surface area contributed by atoms with Gasteiger partial charge in [-0.2, -0.15) is 0 Å². The van der Waals surface area contributed by atoms with Crippen LogP contribution in [0.4, 0.5) is 0 Å². The van der Waals surface area contributed by atoms with Crippen LogP contribution in [0.1, 0.15) is 122 Å². The minimum absolute atomic E-state index is 0.00779. The van der Waals surface area contributed by atoms with E-state index in [0.29, 0.717) is 28.5 Å². The van der Waals surface area contributed by atoms with Crippen LogP contribution in [0.5, 0.6) is 0 Å². The zero-order chi connectivity index (χ0) is 59.7. The van der Waals surface area contributed by atoms with Gasteiger partial charge in [-0.1, -0.05) is 25.1 Å². The number of amides is 8. The summed E-state index contributed by atoms with van der Waals surface area (Å²) in [7, 11) is -6.96. The standard InChI is InChI=1S/C56H67N10O15PS/c1-3-83(80,81)38-13-8-33(9-14-38)29-58-50(70)40(16-20-47(57)67)60-52(72)44-18-12-37-22-23-64(30-42(54(74)65(37)44)61-51(71)41-28-36-27-35(11-15-39(36)59-41)55(75)82(77,78)79)49(69)26-32-6-4-31(5-7-32)24-34-10-17-43-46(25-34)63(2)56(76)66(43)45-19-21-48(68)62-53(45)73/h8-11,13-15,17,25,27-28,31-32,37,40,42,44-45,59H,3-7,12,16,18-24,26,29-30H2,1-2H3,(H2,57,67)(H,58,70)(H,60,72)(H,61,71)(H,62,68,73)(H2,77,78,79)/t31?,32?,37-,40+,42+,44+,45?/m1/s1. The Balaban J connectivity index is 0.888. The quantitative estimate of drug-likeness (QED) is 0.0434. The molecule has 2 aromatic heterocycles. The van der Waals surface area contributed by atoms with Crippen LogP contribution in [-0.4, -0.2) is 138 Å². The van der Waals surface area contributed by atoms with Gasteiger partial charge in [0.15, 0.2) is 9.84 Å². The van der Waals surface area contributed by atoms with E-state index in [1.54, 1.807) is 24.1 Å². The van der Waals surface area contributed by atoms with Crippen LogP contribution in [0.3, 0.4) is 0 Å². The number of carbonyl (C=O) groups is 9. The Kier molecular flexibility index (Phi) is 17.7. The Bertz CT molecular complexity index is 3660. The molecule has 442 valence electrons. The number of fused-ring (bicyclic) bond motifs is 3. The first-order chi connectivity index (χ1) is 39.4. The number of aryl methyl sites for hydroxylation is 1. The van der Waals surface area contributed by atoms with Crippen molar-refractivity contribution in [2.45, 2.75) is 132 Å². The van der Waals surface area contributed by atoms with Crippen LogP contribution in [0.25, 0.3) is 21.9 Å². The minimum atomic E-state index is -5.14. The Morgan fingerprint density at radius 1 is 0.843 bits per heavy atom. The first-order valence-corrected chi connectivity index (χ1v) is 31.0. The van der Waals surface area contributed by atoms with Gasteiger partial charge in [0.05, 0.1) is 21.7 Å². The molecule has 83 heavy (non-hydrogen) atoms. The maximum Gasteiger partial charge on any atom is 0.396 e. The number of imidazole rings is 1. The number of carbonyl (C=O) groups excluding carboxylic acids is 9. The molecule has 3 saturated heterocycles. The van der Waals surface area contributed by atoms with Gasteiger partial charge < -0.3 is 46.3 Å². The van der Waals surface area contributed by atoms with E-state index in [4.69, 9.17) is 5.73 Å². The fraction of sp³-hybridized carbons (Fsp3) is 0.464. The van der Waals surface area contributed by atoms with E-state index >= 15 is 4.79 Å². The second kappa shape index (κ2) is 24.6. The molecule has 0 radical (unpaired) electrons. The summed E-state index contributed by atoms with van der Waals surface area (Å²) >= 11 is 0. The van der Waals surface area contributed by atoms with E-state index in [2.05, 4.69) is 26.3 Å². The SMILES string of the molecule is CCS(=O)(=O)c1ccc(CNC(=O)[C@H](CCC(N)=O)NC(=O)[C@@H]2CC[C@@H]3CCN(C(=O)CC4CCC(Cc5ccc6c(c5)n(C)c(=O)n6C5CCC(=O)NC5=O)CC4)C[C@H](NC(=O)c4cc5cc(C(=O)P(=O)(O)O)ccc5[nH]4)C(=O)N32)cc1. The molecule has 25 nitrogen and oxygen atoms in total. The lowest BCUT2D eigenvalue weighted by Crippen LogP contribution is -2.62. The molecule has 5 aromatic rings. The number of nitrogens with zero attached hydrogens (tertiary/aromatic N) is 4. The van der Waals surface area contributed by atoms with Crippen LogP contribution in [-0.2, 0) is 68.0 Å². The van der Waals surface area contributed by atoms with Crippen LogP contribution < -0.4 is 32.7 Å². The van der Waals surface area contributed by atoms with Crippen LogP contribution >= 0.6 is 7.60 Å². The van der Waals surface area contributed by atoms with Gasteiger partial charge in [0.2, 0.25) is 41.4 Å². The van der Waals surface area contributed by atoms with Crippen molar-refractivity contribution in [2.24, 2.45) is 24.6 Å². The monoisotopic (exact) mass is 1180 g/mol. The lowest BCUT2D eigenvalue weighted by Gasteiger charge is -2.39. The van der Waals surface area contributed by atoms with Crippen LogP contribution in [0, 0.1) is 11.8 Å². The van der Waals surface area contributed by atoms with E-state index in [9.17, 15) is 65.9 Å². The molecule has 27 heteroatoms. The van der Waals surface area contributed by atoms with Crippen molar-refractivity contribution in [1.82, 2.24) is 45.2 Å². The molecule has 9 N–H and O–H groups in total. The predicted molar refractivity (Wildman–Crippen MR) is 300 cm³/mol. The van der Waals surface area contributed by atoms with Crippen molar-refractivity contribution in [1.29, 1.82) is 0 Å². The van der Waals surface area contributed by atoms with E-state index in [0.717, 1.165) is 37.7 Å². The highest BCUT2D eigenvalue weighted by molar-refractivity contribution is 7.91. The number of piperidine rings is 1. The summed E-state index contributed by atoms with van der Waals surface area (Å²) in [5.41, 5.74) is 6.47. The molecule has 5 atom stereocenters. The average molecular weight is 1180 g/mol. The molecular weight excluding hydrogens is 1120 g/mol. The highest BCUT2D eigenvalue weighted by Crippen LogP contribution is 2.40. The summed E-state index contributed by atoms with van der Waals surface area (Å²) in [6.45, 7) is 1.36. The Hall–Kier alpha value is -7.80. The molecule has 1 aliphatic carbocycles. The molecule has 9 rings (SSSR count). The number of aromatic nitrogens is 3. The maximum absolute atomic E-state index is 15.0. The third kappa shape index (κ3) is 13.4. The fourth-order valence-corrected chi connectivity index (χ4v) is 13.3. The largest absolute Gasteiger partial charge is 0.396 e. The van der Waals surface area contributed by atoms with Crippen molar-refractivity contribution in [3.8, 4) is 0 Å². The van der Waals surface area contributed by atoms with Crippen molar-refractivity contribution < 1.29 is 65.9 Å². The predicted octanol–water partition coefficient (Wildman–Crippen LogP) is 2.11. The summed E-state index contributed by atoms with van der Waals surface area (Å²) < 4.78 is 39.4. The molecule has 3 aliphatic heterocycles. The zero-order valence-electron chi connectivity index (χ0n) is 45.8. The lowest BCUT2D eigenvalue weighted by molar-refractivity contribution is -0.146. The van der Waals surface area contributed by atoms with Gasteiger partial charge in [-0.25, -0.2) is 13.2 Å². The van der Waals surface area contributed by atoms with E-state index < -0.39 is 88.6 Å². The summed E-state index contributed by atoms with van der Waals surface area (Å²) in [6.07, 6.45) is 4.64. The molecule has 4 aliphatic rings. The highest BCUT2D eigenvalue weighted by Gasteiger charge is 2.46.